The van der Waals surface area contributed by atoms with E-state index in [4.69, 9.17) is 9.47 Å². The summed E-state index contributed by atoms with van der Waals surface area (Å²) in [7, 11) is 3.29. The predicted molar refractivity (Wildman–Crippen MR) is 94.9 cm³/mol. The fraction of sp³-hybridized carbons (Fsp3) is 0.412. The first-order valence-electron chi connectivity index (χ1n) is 7.76. The smallest absolute Gasteiger partial charge is 0.233 e. The van der Waals surface area contributed by atoms with Gasteiger partial charge in [0.1, 0.15) is 5.75 Å². The zero-order valence-corrected chi connectivity index (χ0v) is 15.0. The lowest BCUT2D eigenvalue weighted by molar-refractivity contribution is -0.120. The van der Waals surface area contributed by atoms with Gasteiger partial charge in [-0.25, -0.2) is 4.98 Å². The number of aromatic nitrogens is 2. The van der Waals surface area contributed by atoms with Gasteiger partial charge in [0.15, 0.2) is 5.16 Å². The zero-order chi connectivity index (χ0) is 17.4. The molecule has 0 bridgehead atoms. The van der Waals surface area contributed by atoms with E-state index in [9.17, 15) is 4.79 Å². The molecule has 1 aromatic carbocycles. The molecule has 0 aliphatic rings. The highest BCUT2D eigenvalue weighted by Crippen LogP contribution is 2.26. The predicted octanol–water partition coefficient (Wildman–Crippen LogP) is 2.51. The number of methoxy groups -OCH3 is 2. The van der Waals surface area contributed by atoms with Crippen LogP contribution in [0.5, 0.6) is 5.75 Å². The van der Waals surface area contributed by atoms with Gasteiger partial charge in [-0.1, -0.05) is 17.8 Å². The van der Waals surface area contributed by atoms with Gasteiger partial charge in [0, 0.05) is 38.7 Å². The molecule has 0 aliphatic heterocycles. The number of rotatable bonds is 9. The second kappa shape index (κ2) is 9.34. The van der Waals surface area contributed by atoms with Gasteiger partial charge in [0.2, 0.25) is 5.91 Å². The molecule has 1 amide bonds. The van der Waals surface area contributed by atoms with Crippen LogP contribution in [0.2, 0.25) is 0 Å². The lowest BCUT2D eigenvalue weighted by Crippen LogP contribution is -2.32. The Labute approximate surface area is 146 Å². The molecule has 0 saturated heterocycles. The first-order valence-corrected chi connectivity index (χ1v) is 8.64. The maximum atomic E-state index is 12.2. The largest absolute Gasteiger partial charge is 0.497 e. The van der Waals surface area contributed by atoms with Gasteiger partial charge in [0.05, 0.1) is 18.0 Å². The molecule has 1 unspecified atom stereocenters. The summed E-state index contributed by atoms with van der Waals surface area (Å²) in [5.74, 6) is 0.775. The SMILES string of the molecule is COCCCNC(=O)C(C)Sc1nccn1-c1cccc(OC)c1. The lowest BCUT2D eigenvalue weighted by Gasteiger charge is -2.13. The molecule has 1 heterocycles. The molecule has 6 nitrogen and oxygen atoms in total. The van der Waals surface area contributed by atoms with Gasteiger partial charge in [-0.2, -0.15) is 0 Å². The normalized spacial score (nSPS) is 12.0. The van der Waals surface area contributed by atoms with Crippen LogP contribution in [0.25, 0.3) is 5.69 Å². The average molecular weight is 349 g/mol. The van der Waals surface area contributed by atoms with E-state index in [0.29, 0.717) is 13.2 Å². The van der Waals surface area contributed by atoms with E-state index in [0.717, 1.165) is 23.0 Å². The Kier molecular flexibility index (Phi) is 7.14. The Bertz CT molecular complexity index is 660. The van der Waals surface area contributed by atoms with Crippen molar-refractivity contribution in [2.45, 2.75) is 23.8 Å². The summed E-state index contributed by atoms with van der Waals surface area (Å²) in [5, 5.41) is 3.44. The molecule has 0 spiro atoms. The van der Waals surface area contributed by atoms with Crippen molar-refractivity contribution in [3.8, 4) is 11.4 Å². The molecule has 0 radical (unpaired) electrons. The zero-order valence-electron chi connectivity index (χ0n) is 14.2. The molecule has 2 rings (SSSR count). The third-order valence-electron chi connectivity index (χ3n) is 3.41. The Morgan fingerprint density at radius 1 is 1.42 bits per heavy atom. The number of imidazole rings is 1. The number of hydrogen-bond acceptors (Lipinski definition) is 5. The van der Waals surface area contributed by atoms with Crippen molar-refractivity contribution in [3.63, 3.8) is 0 Å². The molecule has 0 fully saturated rings. The number of amides is 1. The molecule has 0 saturated carbocycles. The number of carbonyl (C=O) groups is 1. The summed E-state index contributed by atoms with van der Waals surface area (Å²) >= 11 is 1.42. The Balaban J connectivity index is 2.00. The van der Waals surface area contributed by atoms with Crippen LogP contribution in [0.1, 0.15) is 13.3 Å². The van der Waals surface area contributed by atoms with Gasteiger partial charge < -0.3 is 14.8 Å². The molecule has 1 aromatic heterocycles. The van der Waals surface area contributed by atoms with E-state index in [1.807, 2.05) is 42.0 Å². The second-order valence-electron chi connectivity index (χ2n) is 5.18. The molecule has 0 aliphatic carbocycles. The summed E-state index contributed by atoms with van der Waals surface area (Å²) < 4.78 is 12.2. The number of nitrogens with one attached hydrogen (secondary N) is 1. The number of carbonyl (C=O) groups excluding carboxylic acids is 1. The minimum Gasteiger partial charge on any atom is -0.497 e. The minimum atomic E-state index is -0.237. The standard InChI is InChI=1S/C17H23N3O3S/c1-13(16(21)18-8-5-11-22-2)24-17-19-9-10-20(17)14-6-4-7-15(12-14)23-3/h4,6-7,9-10,12-13H,5,8,11H2,1-3H3,(H,18,21). The van der Waals surface area contributed by atoms with Crippen molar-refractivity contribution in [3.05, 3.63) is 36.7 Å². The quantitative estimate of drug-likeness (QED) is 0.557. The highest BCUT2D eigenvalue weighted by Gasteiger charge is 2.17. The molecular weight excluding hydrogens is 326 g/mol. The monoisotopic (exact) mass is 349 g/mol. The summed E-state index contributed by atoms with van der Waals surface area (Å²) in [6.45, 7) is 3.13. The van der Waals surface area contributed by atoms with Gasteiger partial charge in [-0.15, -0.1) is 0 Å². The first kappa shape index (κ1) is 18.4. The van der Waals surface area contributed by atoms with Crippen LogP contribution in [0, 0.1) is 0 Å². The van der Waals surface area contributed by atoms with E-state index in [1.165, 1.54) is 11.8 Å². The van der Waals surface area contributed by atoms with Crippen molar-refractivity contribution in [2.24, 2.45) is 0 Å². The molecule has 2 aromatic rings. The summed E-state index contributed by atoms with van der Waals surface area (Å²) in [6.07, 6.45) is 4.41. The summed E-state index contributed by atoms with van der Waals surface area (Å²) in [6, 6.07) is 7.73. The average Bonchev–Trinajstić information content (AvgIpc) is 3.06. The van der Waals surface area contributed by atoms with Crippen molar-refractivity contribution < 1.29 is 14.3 Å². The van der Waals surface area contributed by atoms with Crippen molar-refractivity contribution >= 4 is 17.7 Å². The molecular formula is C17H23N3O3S. The summed E-state index contributed by atoms with van der Waals surface area (Å²) in [4.78, 5) is 16.5. The Hall–Kier alpha value is -1.99. The van der Waals surface area contributed by atoms with Crippen molar-refractivity contribution in [1.29, 1.82) is 0 Å². The highest BCUT2D eigenvalue weighted by atomic mass is 32.2. The third-order valence-corrected chi connectivity index (χ3v) is 4.49. The van der Waals surface area contributed by atoms with Crippen LogP contribution in [0.15, 0.2) is 41.8 Å². The van der Waals surface area contributed by atoms with Gasteiger partial charge in [0.25, 0.3) is 0 Å². The second-order valence-corrected chi connectivity index (χ2v) is 6.49. The number of ether oxygens (including phenoxy) is 2. The number of nitrogens with zero attached hydrogens (tertiary/aromatic N) is 2. The van der Waals surface area contributed by atoms with Crippen LogP contribution in [0.3, 0.4) is 0 Å². The topological polar surface area (TPSA) is 65.4 Å². The molecule has 1 atom stereocenters. The van der Waals surface area contributed by atoms with Gasteiger partial charge in [-0.3, -0.25) is 9.36 Å². The molecule has 1 N–H and O–H groups in total. The van der Waals surface area contributed by atoms with Crippen molar-refractivity contribution in [1.82, 2.24) is 14.9 Å². The fourth-order valence-electron chi connectivity index (χ4n) is 2.12. The molecule has 24 heavy (non-hydrogen) atoms. The highest BCUT2D eigenvalue weighted by molar-refractivity contribution is 8.00. The van der Waals surface area contributed by atoms with Crippen molar-refractivity contribution in [2.75, 3.05) is 27.4 Å². The Morgan fingerprint density at radius 2 is 2.25 bits per heavy atom. The van der Waals surface area contributed by atoms with E-state index in [2.05, 4.69) is 10.3 Å². The number of hydrogen-bond donors (Lipinski definition) is 1. The van der Waals surface area contributed by atoms with Crippen LogP contribution in [-0.2, 0) is 9.53 Å². The van der Waals surface area contributed by atoms with Gasteiger partial charge >= 0.3 is 0 Å². The fourth-order valence-corrected chi connectivity index (χ4v) is 3.03. The van der Waals surface area contributed by atoms with E-state index in [1.54, 1.807) is 20.4 Å². The summed E-state index contributed by atoms with van der Waals surface area (Å²) in [5.41, 5.74) is 0.946. The third kappa shape index (κ3) is 5.01. The molecule has 130 valence electrons. The van der Waals surface area contributed by atoms with E-state index in [-0.39, 0.29) is 11.2 Å². The van der Waals surface area contributed by atoms with Gasteiger partial charge in [-0.05, 0) is 25.5 Å². The number of benzene rings is 1. The Morgan fingerprint density at radius 3 is 3.00 bits per heavy atom. The van der Waals surface area contributed by atoms with Crippen LogP contribution in [0.4, 0.5) is 0 Å². The van der Waals surface area contributed by atoms with Crippen LogP contribution >= 0.6 is 11.8 Å². The molecule has 7 heteroatoms. The van der Waals surface area contributed by atoms with E-state index < -0.39 is 0 Å². The lowest BCUT2D eigenvalue weighted by atomic mass is 10.3. The number of thioether (sulfide) groups is 1. The first-order chi connectivity index (χ1) is 11.7. The maximum absolute atomic E-state index is 12.2. The van der Waals surface area contributed by atoms with Crippen LogP contribution < -0.4 is 10.1 Å². The van der Waals surface area contributed by atoms with E-state index >= 15 is 0 Å². The maximum Gasteiger partial charge on any atom is 0.233 e. The van der Waals surface area contributed by atoms with Crippen LogP contribution in [-0.4, -0.2) is 48.1 Å². The minimum absolute atomic E-state index is 0.00343.